The number of halogens is 1. The van der Waals surface area contributed by atoms with Crippen LogP contribution in [-0.2, 0) is 6.61 Å². The number of hydrogen-bond donors (Lipinski definition) is 1. The van der Waals surface area contributed by atoms with Crippen LogP contribution in [0.2, 0.25) is 0 Å². The van der Waals surface area contributed by atoms with Gasteiger partial charge in [0.15, 0.2) is 11.5 Å². The highest BCUT2D eigenvalue weighted by molar-refractivity contribution is 14.1. The minimum atomic E-state index is -0.472. The summed E-state index contributed by atoms with van der Waals surface area (Å²) in [5.41, 5.74) is 2.11. The molecule has 7 nitrogen and oxygen atoms in total. The summed E-state index contributed by atoms with van der Waals surface area (Å²) in [7, 11) is 0. The second kappa shape index (κ2) is 10.3. The Balaban J connectivity index is 1.85. The third-order valence-electron chi connectivity index (χ3n) is 4.55. The summed E-state index contributed by atoms with van der Waals surface area (Å²) >= 11 is 2.10. The topological polar surface area (TPSA) is 90.7 Å². The normalized spacial score (nSPS) is 10.4. The minimum Gasteiger partial charge on any atom is -0.490 e. The molecule has 1 amide bonds. The van der Waals surface area contributed by atoms with E-state index in [-0.39, 0.29) is 5.69 Å². The minimum absolute atomic E-state index is 0.0490. The third-order valence-corrected chi connectivity index (χ3v) is 5.35. The van der Waals surface area contributed by atoms with Crippen molar-refractivity contribution in [3.05, 3.63) is 91.0 Å². The van der Waals surface area contributed by atoms with E-state index in [0.717, 1.165) is 9.13 Å². The Bertz CT molecular complexity index is 1100. The van der Waals surface area contributed by atoms with Crippen LogP contribution in [0.5, 0.6) is 11.5 Å². The quantitative estimate of drug-likeness (QED) is 0.227. The van der Waals surface area contributed by atoms with Crippen molar-refractivity contribution < 1.29 is 19.2 Å². The highest BCUT2D eigenvalue weighted by Gasteiger charge is 2.19. The van der Waals surface area contributed by atoms with Crippen LogP contribution in [0.4, 0.5) is 11.4 Å². The number of ether oxygens (including phenoxy) is 2. The second-order valence-corrected chi connectivity index (χ2v) is 7.82. The van der Waals surface area contributed by atoms with E-state index >= 15 is 0 Å². The van der Waals surface area contributed by atoms with E-state index in [2.05, 4.69) is 27.9 Å². The Morgan fingerprint density at radius 2 is 1.84 bits per heavy atom. The molecule has 0 aliphatic heterocycles. The Morgan fingerprint density at radius 1 is 1.10 bits per heavy atom. The smallest absolute Gasteiger partial charge is 0.274 e. The maximum atomic E-state index is 12.9. The second-order valence-electron chi connectivity index (χ2n) is 6.65. The Labute approximate surface area is 193 Å². The van der Waals surface area contributed by atoms with Gasteiger partial charge in [-0.15, -0.1) is 0 Å². The van der Waals surface area contributed by atoms with Crippen molar-refractivity contribution in [2.45, 2.75) is 20.5 Å². The van der Waals surface area contributed by atoms with Gasteiger partial charge in [-0.25, -0.2) is 0 Å². The van der Waals surface area contributed by atoms with Gasteiger partial charge >= 0.3 is 0 Å². The number of nitrogens with zero attached hydrogens (tertiary/aromatic N) is 1. The molecule has 1 N–H and O–H groups in total. The van der Waals surface area contributed by atoms with Crippen molar-refractivity contribution in [2.24, 2.45) is 0 Å². The van der Waals surface area contributed by atoms with Crippen molar-refractivity contribution in [1.82, 2.24) is 0 Å². The molecule has 0 aliphatic carbocycles. The van der Waals surface area contributed by atoms with Gasteiger partial charge in [-0.05, 0) is 60.2 Å². The summed E-state index contributed by atoms with van der Waals surface area (Å²) in [6, 6.07) is 17.6. The molecular weight excluding hydrogens is 511 g/mol. The molecule has 31 heavy (non-hydrogen) atoms. The summed E-state index contributed by atoms with van der Waals surface area (Å²) in [6.45, 7) is 4.23. The first-order valence-electron chi connectivity index (χ1n) is 9.59. The number of nitrogens with one attached hydrogen (secondary N) is 1. The third kappa shape index (κ3) is 5.52. The molecule has 3 aromatic rings. The van der Waals surface area contributed by atoms with Gasteiger partial charge in [0, 0.05) is 11.6 Å². The monoisotopic (exact) mass is 532 g/mol. The van der Waals surface area contributed by atoms with Crippen molar-refractivity contribution >= 4 is 39.9 Å². The van der Waals surface area contributed by atoms with E-state index in [1.165, 1.54) is 12.1 Å². The van der Waals surface area contributed by atoms with E-state index in [9.17, 15) is 14.9 Å². The molecule has 0 heterocycles. The van der Waals surface area contributed by atoms with Gasteiger partial charge in [0.1, 0.15) is 6.61 Å². The van der Waals surface area contributed by atoms with Gasteiger partial charge < -0.3 is 14.8 Å². The summed E-state index contributed by atoms with van der Waals surface area (Å²) < 4.78 is 12.4. The molecule has 0 aromatic heterocycles. The molecule has 0 atom stereocenters. The lowest BCUT2D eigenvalue weighted by atomic mass is 10.1. The molecule has 0 saturated heterocycles. The zero-order valence-electron chi connectivity index (χ0n) is 17.1. The first-order valence-corrected chi connectivity index (χ1v) is 10.7. The summed E-state index contributed by atoms with van der Waals surface area (Å²) in [5, 5.41) is 13.9. The molecule has 0 fully saturated rings. The molecule has 0 radical (unpaired) electrons. The number of hydrogen-bond acceptors (Lipinski definition) is 5. The number of benzene rings is 3. The number of carbonyl (C=O) groups excluding carboxylic acids is 1. The van der Waals surface area contributed by atoms with Crippen molar-refractivity contribution in [3.8, 4) is 11.5 Å². The largest absolute Gasteiger partial charge is 0.490 e. The van der Waals surface area contributed by atoms with Crippen LogP contribution in [0, 0.1) is 20.6 Å². The standard InChI is InChI=1S/C23H21IN2O5/c1-3-30-21-13-17(12-18(24)22(21)31-14-16-8-5-4-6-9-16)23(27)25-19-10-7-11-20(15(19)2)26(28)29/h4-13H,3,14H2,1-2H3,(H,25,27). The molecule has 3 rings (SSSR count). The van der Waals surface area contributed by atoms with Crippen LogP contribution in [0.15, 0.2) is 60.7 Å². The zero-order chi connectivity index (χ0) is 22.4. The molecule has 8 heteroatoms. The number of carbonyl (C=O) groups is 1. The van der Waals surface area contributed by atoms with Crippen molar-refractivity contribution in [3.63, 3.8) is 0 Å². The van der Waals surface area contributed by atoms with Crippen LogP contribution in [0.1, 0.15) is 28.4 Å². The van der Waals surface area contributed by atoms with E-state index in [0.29, 0.717) is 41.5 Å². The first kappa shape index (κ1) is 22.5. The average Bonchev–Trinajstić information content (AvgIpc) is 2.75. The van der Waals surface area contributed by atoms with Crippen molar-refractivity contribution in [2.75, 3.05) is 11.9 Å². The van der Waals surface area contributed by atoms with Crippen LogP contribution >= 0.6 is 22.6 Å². The molecular formula is C23H21IN2O5. The maximum absolute atomic E-state index is 12.9. The molecule has 0 aliphatic rings. The van der Waals surface area contributed by atoms with E-state index in [4.69, 9.17) is 9.47 Å². The Morgan fingerprint density at radius 3 is 2.52 bits per heavy atom. The number of anilines is 1. The lowest BCUT2D eigenvalue weighted by molar-refractivity contribution is -0.385. The Hall–Kier alpha value is -3.14. The zero-order valence-corrected chi connectivity index (χ0v) is 19.2. The van der Waals surface area contributed by atoms with Gasteiger partial charge in [-0.2, -0.15) is 0 Å². The van der Waals surface area contributed by atoms with Gasteiger partial charge in [0.2, 0.25) is 0 Å². The van der Waals surface area contributed by atoms with Gasteiger partial charge in [-0.1, -0.05) is 36.4 Å². The van der Waals surface area contributed by atoms with Crippen LogP contribution in [0.3, 0.4) is 0 Å². The number of nitro benzene ring substituents is 1. The summed E-state index contributed by atoms with van der Waals surface area (Å²) in [5.74, 6) is 0.637. The van der Waals surface area contributed by atoms with Gasteiger partial charge in [0.25, 0.3) is 11.6 Å². The molecule has 160 valence electrons. The van der Waals surface area contributed by atoms with Crippen LogP contribution in [-0.4, -0.2) is 17.4 Å². The molecule has 0 saturated carbocycles. The van der Waals surface area contributed by atoms with Crippen LogP contribution in [0.25, 0.3) is 0 Å². The van der Waals surface area contributed by atoms with Crippen molar-refractivity contribution in [1.29, 1.82) is 0 Å². The fourth-order valence-corrected chi connectivity index (χ4v) is 3.74. The highest BCUT2D eigenvalue weighted by Crippen LogP contribution is 2.35. The highest BCUT2D eigenvalue weighted by atomic mass is 127. The Kier molecular flexibility index (Phi) is 7.45. The fourth-order valence-electron chi connectivity index (χ4n) is 2.98. The molecule has 3 aromatic carbocycles. The maximum Gasteiger partial charge on any atom is 0.274 e. The summed E-state index contributed by atoms with van der Waals surface area (Å²) in [6.07, 6.45) is 0. The fraction of sp³-hybridized carbons (Fsp3) is 0.174. The van der Waals surface area contributed by atoms with E-state index < -0.39 is 10.8 Å². The molecule has 0 bridgehead atoms. The summed E-state index contributed by atoms with van der Waals surface area (Å²) in [4.78, 5) is 23.5. The molecule has 0 spiro atoms. The number of amides is 1. The van der Waals surface area contributed by atoms with E-state index in [1.807, 2.05) is 37.3 Å². The molecule has 0 unspecified atom stereocenters. The predicted octanol–water partition coefficient (Wildman–Crippen LogP) is 5.74. The lowest BCUT2D eigenvalue weighted by Crippen LogP contribution is -2.14. The first-order chi connectivity index (χ1) is 14.9. The average molecular weight is 532 g/mol. The van der Waals surface area contributed by atoms with Gasteiger partial charge in [-0.3, -0.25) is 14.9 Å². The van der Waals surface area contributed by atoms with Gasteiger partial charge in [0.05, 0.1) is 26.4 Å². The SMILES string of the molecule is CCOc1cc(C(=O)Nc2cccc([N+](=O)[O-])c2C)cc(I)c1OCc1ccccc1. The predicted molar refractivity (Wildman–Crippen MR) is 127 cm³/mol. The number of rotatable bonds is 8. The van der Waals surface area contributed by atoms with Crippen LogP contribution < -0.4 is 14.8 Å². The lowest BCUT2D eigenvalue weighted by Gasteiger charge is -2.16. The number of nitro groups is 1. The van der Waals surface area contributed by atoms with E-state index in [1.54, 1.807) is 25.1 Å².